The van der Waals surface area contributed by atoms with Gasteiger partial charge >= 0.3 is 0 Å². The van der Waals surface area contributed by atoms with Crippen molar-refractivity contribution in [2.24, 2.45) is 11.8 Å². The van der Waals surface area contributed by atoms with E-state index in [1.165, 1.54) is 0 Å². The highest BCUT2D eigenvalue weighted by Gasteiger charge is 2.29. The molecule has 13 heavy (non-hydrogen) atoms. The largest absolute Gasteiger partial charge is 0.393 e. The molecule has 3 atom stereocenters. The average Bonchev–Trinajstić information content (AvgIpc) is 2.01. The number of hydrogen-bond donors (Lipinski definition) is 2. The summed E-state index contributed by atoms with van der Waals surface area (Å²) in [6, 6.07) is 0. The SMILES string of the molecule is CCC(O)C(C)CC(C)(O)C(C)C. The first kappa shape index (κ1) is 12.9. The fourth-order valence-corrected chi connectivity index (χ4v) is 1.43. The monoisotopic (exact) mass is 188 g/mol. The van der Waals surface area contributed by atoms with Crippen LogP contribution in [0.5, 0.6) is 0 Å². The van der Waals surface area contributed by atoms with E-state index < -0.39 is 5.60 Å². The quantitative estimate of drug-likeness (QED) is 0.694. The summed E-state index contributed by atoms with van der Waals surface area (Å²) in [4.78, 5) is 0. The van der Waals surface area contributed by atoms with Crippen molar-refractivity contribution in [2.45, 2.75) is 59.2 Å². The zero-order valence-corrected chi connectivity index (χ0v) is 9.54. The molecular weight excluding hydrogens is 164 g/mol. The van der Waals surface area contributed by atoms with Gasteiger partial charge < -0.3 is 10.2 Å². The Morgan fingerprint density at radius 3 is 2.00 bits per heavy atom. The van der Waals surface area contributed by atoms with E-state index in [0.29, 0.717) is 6.42 Å². The van der Waals surface area contributed by atoms with Gasteiger partial charge in [0.25, 0.3) is 0 Å². The molecule has 0 rings (SSSR count). The number of aliphatic hydroxyl groups excluding tert-OH is 1. The molecule has 3 unspecified atom stereocenters. The molecule has 0 fully saturated rings. The average molecular weight is 188 g/mol. The standard InChI is InChI=1S/C11H24O2/c1-6-10(12)9(4)7-11(5,13)8(2)3/h8-10,12-13H,6-7H2,1-5H3. The Labute approximate surface area is 82.0 Å². The maximum atomic E-state index is 10.00. The van der Waals surface area contributed by atoms with Crippen LogP contribution in [0.1, 0.15) is 47.5 Å². The van der Waals surface area contributed by atoms with Crippen LogP contribution < -0.4 is 0 Å². The first-order chi connectivity index (χ1) is 5.81. The Kier molecular flexibility index (Phi) is 4.93. The molecule has 0 aromatic carbocycles. The molecule has 0 aromatic heterocycles. The van der Waals surface area contributed by atoms with Gasteiger partial charge in [0.05, 0.1) is 11.7 Å². The van der Waals surface area contributed by atoms with Crippen LogP contribution in [0.25, 0.3) is 0 Å². The van der Waals surface area contributed by atoms with E-state index in [0.717, 1.165) is 6.42 Å². The lowest BCUT2D eigenvalue weighted by atomic mass is 9.82. The lowest BCUT2D eigenvalue weighted by Gasteiger charge is -2.32. The molecule has 0 bridgehead atoms. The molecule has 0 aliphatic heterocycles. The minimum absolute atomic E-state index is 0.169. The van der Waals surface area contributed by atoms with Crippen LogP contribution in [0, 0.1) is 11.8 Å². The van der Waals surface area contributed by atoms with E-state index in [1.54, 1.807) is 0 Å². The first-order valence-corrected chi connectivity index (χ1v) is 5.21. The van der Waals surface area contributed by atoms with Crippen molar-refractivity contribution in [3.63, 3.8) is 0 Å². The predicted octanol–water partition coefficient (Wildman–Crippen LogP) is 2.19. The van der Waals surface area contributed by atoms with Crippen molar-refractivity contribution in [3.8, 4) is 0 Å². The van der Waals surface area contributed by atoms with Crippen molar-refractivity contribution < 1.29 is 10.2 Å². The minimum Gasteiger partial charge on any atom is -0.393 e. The molecule has 0 radical (unpaired) electrons. The molecule has 2 N–H and O–H groups in total. The molecule has 0 aliphatic carbocycles. The summed E-state index contributed by atoms with van der Waals surface area (Å²) in [5.41, 5.74) is -0.657. The van der Waals surface area contributed by atoms with Crippen molar-refractivity contribution in [3.05, 3.63) is 0 Å². The van der Waals surface area contributed by atoms with E-state index in [2.05, 4.69) is 0 Å². The van der Waals surface area contributed by atoms with Gasteiger partial charge in [-0.2, -0.15) is 0 Å². The lowest BCUT2D eigenvalue weighted by molar-refractivity contribution is -0.0281. The van der Waals surface area contributed by atoms with Gasteiger partial charge in [0.15, 0.2) is 0 Å². The molecule has 0 saturated heterocycles. The van der Waals surface area contributed by atoms with Gasteiger partial charge in [0, 0.05) is 0 Å². The van der Waals surface area contributed by atoms with Crippen molar-refractivity contribution >= 4 is 0 Å². The molecule has 80 valence electrons. The lowest BCUT2D eigenvalue weighted by Crippen LogP contribution is -2.35. The number of hydrogen-bond acceptors (Lipinski definition) is 2. The van der Waals surface area contributed by atoms with Gasteiger partial charge in [-0.05, 0) is 31.6 Å². The Balaban J connectivity index is 4.11. The highest BCUT2D eigenvalue weighted by atomic mass is 16.3. The number of aliphatic hydroxyl groups is 2. The highest BCUT2D eigenvalue weighted by molar-refractivity contribution is 4.80. The smallest absolute Gasteiger partial charge is 0.0646 e. The summed E-state index contributed by atoms with van der Waals surface area (Å²) >= 11 is 0. The zero-order valence-electron chi connectivity index (χ0n) is 9.54. The summed E-state index contributed by atoms with van der Waals surface area (Å²) < 4.78 is 0. The summed E-state index contributed by atoms with van der Waals surface area (Å²) in [5, 5.41) is 19.6. The van der Waals surface area contributed by atoms with E-state index in [1.807, 2.05) is 34.6 Å². The van der Waals surface area contributed by atoms with Crippen LogP contribution in [0.4, 0.5) is 0 Å². The first-order valence-electron chi connectivity index (χ1n) is 5.21. The van der Waals surface area contributed by atoms with Crippen molar-refractivity contribution in [1.29, 1.82) is 0 Å². The van der Waals surface area contributed by atoms with E-state index in [4.69, 9.17) is 0 Å². The highest BCUT2D eigenvalue weighted by Crippen LogP contribution is 2.26. The van der Waals surface area contributed by atoms with Gasteiger partial charge in [0.1, 0.15) is 0 Å². The van der Waals surface area contributed by atoms with E-state index >= 15 is 0 Å². The third-order valence-corrected chi connectivity index (χ3v) is 3.05. The normalized spacial score (nSPS) is 21.2. The summed E-state index contributed by atoms with van der Waals surface area (Å²) in [5.74, 6) is 0.404. The predicted molar refractivity (Wildman–Crippen MR) is 55.5 cm³/mol. The molecule has 2 heteroatoms. The van der Waals surface area contributed by atoms with Gasteiger partial charge in [-0.15, -0.1) is 0 Å². The van der Waals surface area contributed by atoms with Crippen LogP contribution in [-0.4, -0.2) is 21.9 Å². The Hall–Kier alpha value is -0.0800. The Morgan fingerprint density at radius 1 is 1.23 bits per heavy atom. The second-order valence-electron chi connectivity index (χ2n) is 4.67. The van der Waals surface area contributed by atoms with Crippen LogP contribution in [-0.2, 0) is 0 Å². The third-order valence-electron chi connectivity index (χ3n) is 3.05. The molecule has 0 saturated carbocycles. The van der Waals surface area contributed by atoms with E-state index in [9.17, 15) is 10.2 Å². The summed E-state index contributed by atoms with van der Waals surface area (Å²) in [7, 11) is 0. The maximum Gasteiger partial charge on any atom is 0.0646 e. The maximum absolute atomic E-state index is 10.00. The Bertz CT molecular complexity index is 141. The summed E-state index contributed by atoms with van der Waals surface area (Å²) in [6.07, 6.45) is 1.14. The van der Waals surface area contributed by atoms with Crippen LogP contribution in [0.2, 0.25) is 0 Å². The molecular formula is C11H24O2. The fourth-order valence-electron chi connectivity index (χ4n) is 1.43. The second-order valence-corrected chi connectivity index (χ2v) is 4.67. The molecule has 0 heterocycles. The number of rotatable bonds is 5. The molecule has 0 spiro atoms. The molecule has 0 aliphatic rings. The Morgan fingerprint density at radius 2 is 1.69 bits per heavy atom. The third kappa shape index (κ3) is 4.10. The van der Waals surface area contributed by atoms with Gasteiger partial charge in [-0.3, -0.25) is 0 Å². The van der Waals surface area contributed by atoms with Gasteiger partial charge in [-0.25, -0.2) is 0 Å². The van der Waals surface area contributed by atoms with E-state index in [-0.39, 0.29) is 17.9 Å². The molecule has 0 amide bonds. The summed E-state index contributed by atoms with van der Waals surface area (Å²) in [6.45, 7) is 9.81. The van der Waals surface area contributed by atoms with Crippen molar-refractivity contribution in [2.75, 3.05) is 0 Å². The molecule has 0 aromatic rings. The van der Waals surface area contributed by atoms with Gasteiger partial charge in [-0.1, -0.05) is 27.7 Å². The zero-order chi connectivity index (χ0) is 10.6. The van der Waals surface area contributed by atoms with Crippen molar-refractivity contribution in [1.82, 2.24) is 0 Å². The van der Waals surface area contributed by atoms with Crippen LogP contribution >= 0.6 is 0 Å². The van der Waals surface area contributed by atoms with Gasteiger partial charge in [0.2, 0.25) is 0 Å². The fraction of sp³-hybridized carbons (Fsp3) is 1.00. The minimum atomic E-state index is -0.657. The van der Waals surface area contributed by atoms with Crippen LogP contribution in [0.15, 0.2) is 0 Å². The molecule has 2 nitrogen and oxygen atoms in total. The van der Waals surface area contributed by atoms with Crippen LogP contribution in [0.3, 0.4) is 0 Å². The topological polar surface area (TPSA) is 40.5 Å². The second kappa shape index (κ2) is 4.97.